The molecule has 0 spiro atoms. The molecule has 0 saturated carbocycles. The molecule has 3 heteroatoms. The zero-order chi connectivity index (χ0) is 16.5. The maximum Gasteiger partial charge on any atom is 0.154 e. The molecule has 0 bridgehead atoms. The van der Waals surface area contributed by atoms with Crippen LogP contribution in [-0.4, -0.2) is 16.5 Å². The lowest BCUT2D eigenvalue weighted by Crippen LogP contribution is -1.98. The number of phenols is 2. The van der Waals surface area contributed by atoms with E-state index in [2.05, 4.69) is 0 Å². The molecule has 0 saturated heterocycles. The topological polar surface area (TPSA) is 57.5 Å². The molecule has 0 aliphatic carbocycles. The maximum absolute atomic E-state index is 11.3. The van der Waals surface area contributed by atoms with E-state index in [9.17, 15) is 15.0 Å². The van der Waals surface area contributed by atoms with Crippen molar-refractivity contribution in [1.29, 1.82) is 0 Å². The second kappa shape index (κ2) is 8.88. The molecule has 0 heterocycles. The zero-order valence-electron chi connectivity index (χ0n) is 13.5. The van der Waals surface area contributed by atoms with Crippen LogP contribution in [0.4, 0.5) is 0 Å². The Hall–Kier alpha value is -2.29. The summed E-state index contributed by atoms with van der Waals surface area (Å²) in [5.41, 5.74) is 2.37. The van der Waals surface area contributed by atoms with Gasteiger partial charge in [0.25, 0.3) is 0 Å². The van der Waals surface area contributed by atoms with Crippen LogP contribution in [0, 0.1) is 0 Å². The van der Waals surface area contributed by atoms with Crippen molar-refractivity contribution in [2.24, 2.45) is 0 Å². The Morgan fingerprint density at radius 2 is 1.95 bits per heavy atom. The van der Waals surface area contributed by atoms with Gasteiger partial charge in [-0.05, 0) is 46.1 Å². The van der Waals surface area contributed by atoms with Gasteiger partial charge in [0.15, 0.2) is 6.29 Å². The quantitative estimate of drug-likeness (QED) is 0.338. The first-order chi connectivity index (χ1) is 10.5. The summed E-state index contributed by atoms with van der Waals surface area (Å²) < 4.78 is 0. The molecule has 118 valence electrons. The minimum absolute atomic E-state index is 0.0299. The van der Waals surface area contributed by atoms with Crippen LogP contribution in [-0.2, 0) is 12.8 Å². The molecule has 1 rings (SSSR count). The first-order valence-corrected chi connectivity index (χ1v) is 7.44. The van der Waals surface area contributed by atoms with Gasteiger partial charge < -0.3 is 10.2 Å². The van der Waals surface area contributed by atoms with Gasteiger partial charge in [0.1, 0.15) is 11.5 Å². The Bertz CT molecular complexity index is 604. The van der Waals surface area contributed by atoms with Crippen molar-refractivity contribution in [3.63, 3.8) is 0 Å². The van der Waals surface area contributed by atoms with Crippen LogP contribution in [0.1, 0.15) is 48.7 Å². The summed E-state index contributed by atoms with van der Waals surface area (Å²) in [6.45, 7) is 5.86. The van der Waals surface area contributed by atoms with Gasteiger partial charge in [-0.25, -0.2) is 0 Å². The third-order valence-corrected chi connectivity index (χ3v) is 3.35. The molecular weight excluding hydrogens is 276 g/mol. The second-order valence-corrected chi connectivity index (χ2v) is 5.39. The van der Waals surface area contributed by atoms with Crippen molar-refractivity contribution in [2.75, 3.05) is 0 Å². The lowest BCUT2D eigenvalue weighted by Gasteiger charge is -2.12. The number of carbonyl (C=O) groups excluding carboxylic acids is 1. The molecule has 3 nitrogen and oxygen atoms in total. The summed E-state index contributed by atoms with van der Waals surface area (Å²) in [4.78, 5) is 11.3. The second-order valence-electron chi connectivity index (χ2n) is 5.39. The van der Waals surface area contributed by atoms with Crippen LogP contribution in [0.3, 0.4) is 0 Å². The lowest BCUT2D eigenvalue weighted by atomic mass is 9.96. The van der Waals surface area contributed by atoms with Gasteiger partial charge in [-0.2, -0.15) is 0 Å². The van der Waals surface area contributed by atoms with E-state index in [1.807, 2.05) is 51.2 Å². The average Bonchev–Trinajstić information content (AvgIpc) is 2.48. The number of rotatable bonds is 7. The van der Waals surface area contributed by atoms with Crippen molar-refractivity contribution < 1.29 is 15.0 Å². The molecule has 0 aliphatic rings. The fraction of sp³-hybridized carbons (Fsp3) is 0.316. The fourth-order valence-corrected chi connectivity index (χ4v) is 2.15. The molecule has 0 aliphatic heterocycles. The third-order valence-electron chi connectivity index (χ3n) is 3.35. The van der Waals surface area contributed by atoms with Crippen LogP contribution in [0.2, 0.25) is 0 Å². The third kappa shape index (κ3) is 4.92. The molecule has 0 aromatic heterocycles. The number of aldehydes is 1. The standard InChI is InChI=1S/C19H24O3/c1-4-5-6-7-8-9-16-17(13-20)19(22)15(12-18(16)21)11-10-14(2)3/h4-7,10,12-13,21-22H,8-9,11H2,1-3H3/b5-4+,7-6+. The van der Waals surface area contributed by atoms with E-state index in [1.165, 1.54) is 0 Å². The highest BCUT2D eigenvalue weighted by atomic mass is 16.3. The van der Waals surface area contributed by atoms with E-state index in [4.69, 9.17) is 0 Å². The van der Waals surface area contributed by atoms with E-state index in [1.54, 1.807) is 6.07 Å². The van der Waals surface area contributed by atoms with Gasteiger partial charge in [0, 0.05) is 11.1 Å². The van der Waals surface area contributed by atoms with Gasteiger partial charge in [-0.1, -0.05) is 36.0 Å². The summed E-state index contributed by atoms with van der Waals surface area (Å²) in [6, 6.07) is 1.55. The number of aromatic hydroxyl groups is 2. The van der Waals surface area contributed by atoms with Gasteiger partial charge in [-0.3, -0.25) is 4.79 Å². The van der Waals surface area contributed by atoms with Gasteiger partial charge in [0.05, 0.1) is 5.56 Å². The summed E-state index contributed by atoms with van der Waals surface area (Å²) in [5, 5.41) is 20.4. The maximum atomic E-state index is 11.3. The van der Waals surface area contributed by atoms with Crippen LogP contribution in [0.15, 0.2) is 42.0 Å². The number of carbonyl (C=O) groups is 1. The molecular formula is C19H24O3. The molecule has 0 fully saturated rings. The highest BCUT2D eigenvalue weighted by Crippen LogP contribution is 2.33. The molecule has 1 aromatic rings. The molecule has 0 atom stereocenters. The van der Waals surface area contributed by atoms with E-state index in [0.717, 1.165) is 5.57 Å². The van der Waals surface area contributed by atoms with Crippen LogP contribution >= 0.6 is 0 Å². The van der Waals surface area contributed by atoms with Crippen molar-refractivity contribution in [2.45, 2.75) is 40.0 Å². The normalized spacial score (nSPS) is 11.2. The fourth-order valence-electron chi connectivity index (χ4n) is 2.15. The first kappa shape index (κ1) is 17.8. The predicted molar refractivity (Wildman–Crippen MR) is 90.6 cm³/mol. The number of allylic oxidation sites excluding steroid dienone is 6. The minimum Gasteiger partial charge on any atom is -0.508 e. The summed E-state index contributed by atoms with van der Waals surface area (Å²) >= 11 is 0. The van der Waals surface area contributed by atoms with E-state index >= 15 is 0 Å². The highest BCUT2D eigenvalue weighted by Gasteiger charge is 2.16. The van der Waals surface area contributed by atoms with Crippen molar-refractivity contribution in [3.8, 4) is 11.5 Å². The van der Waals surface area contributed by atoms with Crippen LogP contribution in [0.25, 0.3) is 0 Å². The lowest BCUT2D eigenvalue weighted by molar-refractivity contribution is 0.111. The predicted octanol–water partition coefficient (Wildman–Crippen LogP) is 4.48. The highest BCUT2D eigenvalue weighted by molar-refractivity contribution is 5.84. The smallest absolute Gasteiger partial charge is 0.154 e. The Labute approximate surface area is 132 Å². The number of hydrogen-bond donors (Lipinski definition) is 2. The zero-order valence-corrected chi connectivity index (χ0v) is 13.5. The van der Waals surface area contributed by atoms with E-state index in [-0.39, 0.29) is 17.1 Å². The Morgan fingerprint density at radius 1 is 1.23 bits per heavy atom. The Kier molecular flexibility index (Phi) is 7.17. The van der Waals surface area contributed by atoms with Gasteiger partial charge >= 0.3 is 0 Å². The number of benzene rings is 1. The molecule has 0 amide bonds. The Morgan fingerprint density at radius 3 is 2.55 bits per heavy atom. The van der Waals surface area contributed by atoms with Gasteiger partial charge in [-0.15, -0.1) is 0 Å². The SMILES string of the molecule is C/C=C/C=C/CCc1c(O)cc(CC=C(C)C)c(O)c1C=O. The first-order valence-electron chi connectivity index (χ1n) is 7.44. The van der Waals surface area contributed by atoms with Gasteiger partial charge in [0.2, 0.25) is 0 Å². The monoisotopic (exact) mass is 300 g/mol. The molecule has 2 N–H and O–H groups in total. The number of hydrogen-bond acceptors (Lipinski definition) is 3. The van der Waals surface area contributed by atoms with Crippen molar-refractivity contribution in [1.82, 2.24) is 0 Å². The summed E-state index contributed by atoms with van der Waals surface area (Å²) in [7, 11) is 0. The summed E-state index contributed by atoms with van der Waals surface area (Å²) in [5.74, 6) is 0.0363. The van der Waals surface area contributed by atoms with Crippen LogP contribution in [0.5, 0.6) is 11.5 Å². The average molecular weight is 300 g/mol. The minimum atomic E-state index is -0.0299. The largest absolute Gasteiger partial charge is 0.508 e. The van der Waals surface area contributed by atoms with E-state index < -0.39 is 0 Å². The number of phenolic OH excluding ortho intramolecular Hbond substituents is 2. The van der Waals surface area contributed by atoms with Crippen molar-refractivity contribution >= 4 is 6.29 Å². The van der Waals surface area contributed by atoms with E-state index in [0.29, 0.717) is 36.7 Å². The molecule has 0 unspecified atom stereocenters. The van der Waals surface area contributed by atoms with Crippen molar-refractivity contribution in [3.05, 3.63) is 58.7 Å². The van der Waals surface area contributed by atoms with Crippen LogP contribution < -0.4 is 0 Å². The summed E-state index contributed by atoms with van der Waals surface area (Å²) in [6.07, 6.45) is 12.0. The molecule has 0 radical (unpaired) electrons. The molecule has 1 aromatic carbocycles. The molecule has 22 heavy (non-hydrogen) atoms. The Balaban J connectivity index is 3.06.